The Balaban J connectivity index is 1.45. The monoisotopic (exact) mass is 427 g/mol. The van der Waals surface area contributed by atoms with Gasteiger partial charge >= 0.3 is 0 Å². The normalized spacial score (nSPS) is 20.3. The van der Waals surface area contributed by atoms with E-state index in [0.717, 1.165) is 35.6 Å². The van der Waals surface area contributed by atoms with Gasteiger partial charge in [0.15, 0.2) is 11.5 Å². The highest BCUT2D eigenvalue weighted by Crippen LogP contribution is 2.43. The third-order valence-corrected chi connectivity index (χ3v) is 6.59. The number of carbonyl (C=O) groups excluding carboxylic acids is 1. The summed E-state index contributed by atoms with van der Waals surface area (Å²) < 4.78 is 12.5. The summed E-state index contributed by atoms with van der Waals surface area (Å²) in [6.45, 7) is 4.12. The summed E-state index contributed by atoms with van der Waals surface area (Å²) in [5.74, 6) is 1.87. The Morgan fingerprint density at radius 2 is 1.44 bits per heavy atom. The van der Waals surface area contributed by atoms with Gasteiger partial charge in [-0.1, -0.05) is 60.7 Å². The van der Waals surface area contributed by atoms with Crippen LogP contribution in [0.2, 0.25) is 0 Å². The number of ketones is 1. The summed E-state index contributed by atoms with van der Waals surface area (Å²) in [7, 11) is 0. The van der Waals surface area contributed by atoms with E-state index in [1.165, 1.54) is 11.1 Å². The maximum Gasteiger partial charge on any atom is 0.162 e. The molecule has 5 rings (SSSR count). The number of piperidine rings is 1. The van der Waals surface area contributed by atoms with Gasteiger partial charge in [-0.25, -0.2) is 0 Å². The van der Waals surface area contributed by atoms with Crippen LogP contribution in [0.4, 0.5) is 0 Å². The zero-order valence-electron chi connectivity index (χ0n) is 18.5. The first kappa shape index (κ1) is 20.8. The maximum atomic E-state index is 12.4. The van der Waals surface area contributed by atoms with Gasteiger partial charge in [0.05, 0.1) is 0 Å². The first-order valence-corrected chi connectivity index (χ1v) is 11.4. The summed E-state index contributed by atoms with van der Waals surface area (Å²) in [6.07, 6.45) is 2.20. The zero-order chi connectivity index (χ0) is 21.9. The molecule has 0 spiro atoms. The molecule has 0 saturated carbocycles. The highest BCUT2D eigenvalue weighted by atomic mass is 16.5. The molecule has 0 bridgehead atoms. The van der Waals surface area contributed by atoms with Gasteiger partial charge in [0, 0.05) is 31.5 Å². The van der Waals surface area contributed by atoms with E-state index in [-0.39, 0.29) is 12.1 Å². The van der Waals surface area contributed by atoms with Crippen LogP contribution in [-0.2, 0) is 24.4 Å². The minimum Gasteiger partial charge on any atom is -0.485 e. The molecule has 0 aliphatic carbocycles. The van der Waals surface area contributed by atoms with Crippen molar-refractivity contribution in [1.82, 2.24) is 4.90 Å². The molecule has 164 valence electrons. The third-order valence-electron chi connectivity index (χ3n) is 6.59. The molecule has 2 atom stereocenters. The standard InChI is InChI=1S/C28H29NO3/c1-20-14-24(30)16-26-25-17-28(32-19-22-10-6-3-7-11-22)27(15-23(25)12-13-29(20)26)31-18-21-8-4-2-5-9-21/h2-11,15,17,20,26H,12-14,16,18-19H2,1H3/t20-,26+/m1/s1. The topological polar surface area (TPSA) is 38.8 Å². The molecule has 4 heteroatoms. The Bertz CT molecular complexity index is 1080. The molecule has 0 N–H and O–H groups in total. The smallest absolute Gasteiger partial charge is 0.162 e. The van der Waals surface area contributed by atoms with E-state index < -0.39 is 0 Å². The van der Waals surface area contributed by atoms with Gasteiger partial charge in [-0.3, -0.25) is 9.69 Å². The number of hydrogen-bond acceptors (Lipinski definition) is 4. The zero-order valence-corrected chi connectivity index (χ0v) is 18.5. The lowest BCUT2D eigenvalue weighted by Crippen LogP contribution is -2.46. The van der Waals surface area contributed by atoms with Gasteiger partial charge in [0.2, 0.25) is 0 Å². The SMILES string of the molecule is C[C@@H]1CC(=O)C[C@H]2c3cc(OCc4ccccc4)c(OCc4ccccc4)cc3CCN12. The van der Waals surface area contributed by atoms with Crippen LogP contribution < -0.4 is 9.47 Å². The number of Topliss-reactive ketones (excluding diaryl/α,β-unsaturated/α-hetero) is 1. The first-order chi connectivity index (χ1) is 15.7. The Morgan fingerprint density at radius 3 is 2.06 bits per heavy atom. The first-order valence-electron chi connectivity index (χ1n) is 11.4. The molecule has 0 radical (unpaired) electrons. The van der Waals surface area contributed by atoms with E-state index in [1.54, 1.807) is 0 Å². The minimum absolute atomic E-state index is 0.136. The van der Waals surface area contributed by atoms with Crippen LogP contribution in [0.1, 0.15) is 48.1 Å². The number of nitrogens with zero attached hydrogens (tertiary/aromatic N) is 1. The van der Waals surface area contributed by atoms with Crippen molar-refractivity contribution in [2.75, 3.05) is 6.54 Å². The molecule has 2 aliphatic rings. The molecule has 2 aliphatic heterocycles. The van der Waals surface area contributed by atoms with Crippen molar-refractivity contribution in [3.05, 3.63) is 95.1 Å². The predicted octanol–water partition coefficient (Wildman–Crippen LogP) is 5.50. The van der Waals surface area contributed by atoms with Gasteiger partial charge in [0.1, 0.15) is 19.0 Å². The predicted molar refractivity (Wildman–Crippen MR) is 125 cm³/mol. The van der Waals surface area contributed by atoms with Crippen molar-refractivity contribution >= 4 is 5.78 Å². The van der Waals surface area contributed by atoms with E-state index >= 15 is 0 Å². The largest absolute Gasteiger partial charge is 0.485 e. The van der Waals surface area contributed by atoms with Crippen LogP contribution in [0.25, 0.3) is 0 Å². The molecular weight excluding hydrogens is 398 g/mol. The molecule has 0 amide bonds. The second-order valence-corrected chi connectivity index (χ2v) is 8.85. The summed E-state index contributed by atoms with van der Waals surface area (Å²) in [6, 6.07) is 25.0. The van der Waals surface area contributed by atoms with Gasteiger partial charge in [-0.05, 0) is 47.7 Å². The van der Waals surface area contributed by atoms with Gasteiger partial charge in [-0.2, -0.15) is 0 Å². The molecule has 0 aromatic heterocycles. The van der Waals surface area contributed by atoms with Crippen LogP contribution >= 0.6 is 0 Å². The number of fused-ring (bicyclic) bond motifs is 3. The summed E-state index contributed by atoms with van der Waals surface area (Å²) >= 11 is 0. The average molecular weight is 428 g/mol. The Morgan fingerprint density at radius 1 is 0.844 bits per heavy atom. The van der Waals surface area contributed by atoms with Crippen LogP contribution in [0.3, 0.4) is 0 Å². The fourth-order valence-corrected chi connectivity index (χ4v) is 4.93. The molecule has 4 nitrogen and oxygen atoms in total. The fraction of sp³-hybridized carbons (Fsp3) is 0.321. The number of rotatable bonds is 6. The van der Waals surface area contributed by atoms with Crippen molar-refractivity contribution < 1.29 is 14.3 Å². The second-order valence-electron chi connectivity index (χ2n) is 8.85. The van der Waals surface area contributed by atoms with E-state index in [9.17, 15) is 4.79 Å². The van der Waals surface area contributed by atoms with Crippen molar-refractivity contribution in [2.45, 2.75) is 51.5 Å². The highest BCUT2D eigenvalue weighted by Gasteiger charge is 2.37. The second kappa shape index (κ2) is 9.17. The Labute approximate surface area is 189 Å². The van der Waals surface area contributed by atoms with Crippen LogP contribution in [0, 0.1) is 0 Å². The molecule has 32 heavy (non-hydrogen) atoms. The molecule has 2 heterocycles. The van der Waals surface area contributed by atoms with Gasteiger partial charge in [0.25, 0.3) is 0 Å². The quantitative estimate of drug-likeness (QED) is 0.521. The molecule has 0 unspecified atom stereocenters. The Kier molecular flexibility index (Phi) is 5.95. The fourth-order valence-electron chi connectivity index (χ4n) is 4.93. The molecule has 1 fully saturated rings. The van der Waals surface area contributed by atoms with Crippen LogP contribution in [-0.4, -0.2) is 23.3 Å². The number of hydrogen-bond donors (Lipinski definition) is 0. The van der Waals surface area contributed by atoms with Crippen LogP contribution in [0.15, 0.2) is 72.8 Å². The van der Waals surface area contributed by atoms with E-state index in [4.69, 9.17) is 9.47 Å². The summed E-state index contributed by atoms with van der Waals surface area (Å²) in [5.41, 5.74) is 4.72. The third kappa shape index (κ3) is 4.42. The summed E-state index contributed by atoms with van der Waals surface area (Å²) in [5, 5.41) is 0. The van der Waals surface area contributed by atoms with Crippen molar-refractivity contribution in [2.24, 2.45) is 0 Å². The van der Waals surface area contributed by atoms with Crippen molar-refractivity contribution in [1.29, 1.82) is 0 Å². The lowest BCUT2D eigenvalue weighted by Gasteiger charge is -2.44. The Hall–Kier alpha value is -3.11. The number of benzene rings is 3. The van der Waals surface area contributed by atoms with Gasteiger partial charge < -0.3 is 9.47 Å². The van der Waals surface area contributed by atoms with E-state index in [1.807, 2.05) is 36.4 Å². The average Bonchev–Trinajstić information content (AvgIpc) is 2.82. The highest BCUT2D eigenvalue weighted by molar-refractivity contribution is 5.81. The van der Waals surface area contributed by atoms with E-state index in [2.05, 4.69) is 48.2 Å². The lowest BCUT2D eigenvalue weighted by molar-refractivity contribution is -0.125. The van der Waals surface area contributed by atoms with E-state index in [0.29, 0.717) is 31.8 Å². The molecular formula is C28H29NO3. The number of ether oxygens (including phenoxy) is 2. The lowest BCUT2D eigenvalue weighted by atomic mass is 9.84. The van der Waals surface area contributed by atoms with Crippen LogP contribution in [0.5, 0.6) is 11.5 Å². The molecule has 3 aromatic rings. The van der Waals surface area contributed by atoms with Crippen molar-refractivity contribution in [3.63, 3.8) is 0 Å². The maximum absolute atomic E-state index is 12.4. The van der Waals surface area contributed by atoms with Gasteiger partial charge in [-0.15, -0.1) is 0 Å². The number of carbonyl (C=O) groups is 1. The minimum atomic E-state index is 0.136. The van der Waals surface area contributed by atoms with Crippen molar-refractivity contribution in [3.8, 4) is 11.5 Å². The summed E-state index contributed by atoms with van der Waals surface area (Å²) in [4.78, 5) is 14.9. The molecule has 1 saturated heterocycles. The molecule has 3 aromatic carbocycles.